The summed E-state index contributed by atoms with van der Waals surface area (Å²) < 4.78 is 79.2. The molecule has 0 spiro atoms. The van der Waals surface area contributed by atoms with Crippen molar-refractivity contribution < 1.29 is 31.1 Å². The first-order valence-electron chi connectivity index (χ1n) is 7.18. The van der Waals surface area contributed by atoms with E-state index < -0.39 is 30.8 Å². The molecule has 2 aromatic heterocycles. The third-order valence-electron chi connectivity index (χ3n) is 3.64. The van der Waals surface area contributed by atoms with Crippen LogP contribution in [0.2, 0.25) is 0 Å². The fourth-order valence-electron chi connectivity index (χ4n) is 2.57. The zero-order chi connectivity index (χ0) is 19.1. The lowest BCUT2D eigenvalue weighted by Gasteiger charge is -2.10. The Bertz CT molecular complexity index is 980. The van der Waals surface area contributed by atoms with Crippen LogP contribution in [0.3, 0.4) is 0 Å². The molecule has 3 rings (SSSR count). The van der Waals surface area contributed by atoms with E-state index in [1.807, 2.05) is 0 Å². The second-order valence-electron chi connectivity index (χ2n) is 5.32. The number of fused-ring (bicyclic) bond motifs is 1. The average molecular weight is 373 g/mol. The van der Waals surface area contributed by atoms with E-state index in [-0.39, 0.29) is 34.1 Å². The first-order valence-corrected chi connectivity index (χ1v) is 7.18. The number of nitrogens with zero attached hydrogens (tertiary/aromatic N) is 3. The second-order valence-corrected chi connectivity index (χ2v) is 5.32. The Morgan fingerprint density at radius 1 is 1.19 bits per heavy atom. The molecule has 3 aromatic rings. The van der Waals surface area contributed by atoms with E-state index in [1.54, 1.807) is 0 Å². The maximum Gasteiger partial charge on any atom is 0.449 e. The van der Waals surface area contributed by atoms with Crippen molar-refractivity contribution in [2.24, 2.45) is 0 Å². The van der Waals surface area contributed by atoms with Crippen LogP contribution in [0, 0.1) is 5.82 Å². The highest BCUT2D eigenvalue weighted by atomic mass is 19.4. The van der Waals surface area contributed by atoms with E-state index in [9.17, 15) is 31.1 Å². The van der Waals surface area contributed by atoms with E-state index in [4.69, 9.17) is 0 Å². The fraction of sp³-hybridized carbons (Fsp3) is 0.188. The molecule has 4 nitrogen and oxygen atoms in total. The molecule has 0 aliphatic heterocycles. The van der Waals surface area contributed by atoms with Gasteiger partial charge in [-0.25, -0.2) is 18.2 Å². The molecular formula is C16H9F6N3O. The molecule has 0 radical (unpaired) electrons. The van der Waals surface area contributed by atoms with Crippen molar-refractivity contribution in [3.05, 3.63) is 47.7 Å². The van der Waals surface area contributed by atoms with Crippen LogP contribution in [-0.4, -0.2) is 27.2 Å². The summed E-state index contributed by atoms with van der Waals surface area (Å²) in [5.41, 5.74) is -0.784. The van der Waals surface area contributed by atoms with Gasteiger partial charge in [0, 0.05) is 11.8 Å². The van der Waals surface area contributed by atoms with Crippen molar-refractivity contribution in [3.8, 4) is 11.3 Å². The molecule has 1 aromatic carbocycles. The van der Waals surface area contributed by atoms with Crippen LogP contribution in [-0.2, 0) is 12.7 Å². The first-order chi connectivity index (χ1) is 12.2. The second kappa shape index (κ2) is 6.43. The van der Waals surface area contributed by atoms with Gasteiger partial charge in [-0.3, -0.25) is 9.78 Å². The van der Waals surface area contributed by atoms with Gasteiger partial charge >= 0.3 is 6.18 Å². The minimum absolute atomic E-state index is 0.0640. The lowest BCUT2D eigenvalue weighted by molar-refractivity contribution is -0.147. The normalized spacial score (nSPS) is 12.1. The molecule has 0 saturated carbocycles. The number of imidazole rings is 1. The molecule has 0 aliphatic rings. The number of hydrogen-bond donors (Lipinski definition) is 0. The molecule has 0 N–H and O–H groups in total. The van der Waals surface area contributed by atoms with Gasteiger partial charge in [0.05, 0.1) is 23.3 Å². The van der Waals surface area contributed by atoms with E-state index >= 15 is 0 Å². The van der Waals surface area contributed by atoms with Gasteiger partial charge in [0.1, 0.15) is 11.3 Å². The van der Waals surface area contributed by atoms with Crippen LogP contribution in [0.25, 0.3) is 22.3 Å². The van der Waals surface area contributed by atoms with E-state index in [2.05, 4.69) is 9.97 Å². The fourth-order valence-corrected chi connectivity index (χ4v) is 2.57. The van der Waals surface area contributed by atoms with Crippen LogP contribution in [0.15, 0.2) is 30.5 Å². The van der Waals surface area contributed by atoms with Gasteiger partial charge in [-0.1, -0.05) is 6.07 Å². The van der Waals surface area contributed by atoms with Crippen molar-refractivity contribution in [1.82, 2.24) is 14.5 Å². The third kappa shape index (κ3) is 3.14. The number of rotatable bonds is 4. The molecule has 0 saturated heterocycles. The standard InChI is InChI=1S/C16H9F6N3O/c17-10-5-8(1-2-9(10)7-26)13-14-11(3-4-23-13)25(6-12(18)19)15(24-14)16(20,21)22/h1-5,7,12H,6H2. The number of benzene rings is 1. The molecule has 0 unspecified atom stereocenters. The SMILES string of the molecule is O=Cc1ccc(-c2nccc3c2nc(C(F)(F)F)n3CC(F)F)cc1F. The summed E-state index contributed by atoms with van der Waals surface area (Å²) in [6.07, 6.45) is -6.59. The highest BCUT2D eigenvalue weighted by Crippen LogP contribution is 2.35. The number of carbonyl (C=O) groups is 1. The van der Waals surface area contributed by atoms with Gasteiger partial charge in [-0.2, -0.15) is 13.2 Å². The molecule has 136 valence electrons. The monoisotopic (exact) mass is 373 g/mol. The van der Waals surface area contributed by atoms with Crippen molar-refractivity contribution in [1.29, 1.82) is 0 Å². The van der Waals surface area contributed by atoms with Gasteiger partial charge < -0.3 is 4.57 Å². The Morgan fingerprint density at radius 3 is 2.50 bits per heavy atom. The minimum atomic E-state index is -4.96. The minimum Gasteiger partial charge on any atom is -0.314 e. The molecule has 2 heterocycles. The van der Waals surface area contributed by atoms with E-state index in [1.165, 1.54) is 6.07 Å². The number of hydrogen-bond acceptors (Lipinski definition) is 3. The third-order valence-corrected chi connectivity index (χ3v) is 3.64. The number of aromatic nitrogens is 3. The highest BCUT2D eigenvalue weighted by Gasteiger charge is 2.38. The summed E-state index contributed by atoms with van der Waals surface area (Å²) in [4.78, 5) is 18.0. The van der Waals surface area contributed by atoms with Crippen molar-refractivity contribution >= 4 is 17.3 Å². The summed E-state index contributed by atoms with van der Waals surface area (Å²) in [5.74, 6) is -2.38. The largest absolute Gasteiger partial charge is 0.449 e. The molecule has 10 heteroatoms. The number of alkyl halides is 5. The summed E-state index contributed by atoms with van der Waals surface area (Å²) in [5, 5.41) is 0. The van der Waals surface area contributed by atoms with E-state index in [0.29, 0.717) is 4.57 Å². The predicted molar refractivity (Wildman–Crippen MR) is 79.3 cm³/mol. The summed E-state index contributed by atoms with van der Waals surface area (Å²) >= 11 is 0. The predicted octanol–water partition coefficient (Wildman–Crippen LogP) is 4.33. The molecule has 0 aliphatic carbocycles. The molecule has 26 heavy (non-hydrogen) atoms. The van der Waals surface area contributed by atoms with E-state index in [0.717, 1.165) is 24.4 Å². The molecular weight excluding hydrogens is 364 g/mol. The quantitative estimate of drug-likeness (QED) is 0.505. The average Bonchev–Trinajstić information content (AvgIpc) is 2.93. The van der Waals surface area contributed by atoms with Gasteiger partial charge in [0.15, 0.2) is 6.29 Å². The maximum absolute atomic E-state index is 13.8. The topological polar surface area (TPSA) is 47.8 Å². The molecule has 0 bridgehead atoms. The zero-order valence-corrected chi connectivity index (χ0v) is 12.8. The molecule has 0 atom stereocenters. The van der Waals surface area contributed by atoms with Crippen molar-refractivity contribution in [3.63, 3.8) is 0 Å². The Balaban J connectivity index is 2.27. The van der Waals surface area contributed by atoms with Gasteiger partial charge in [-0.05, 0) is 18.2 Å². The smallest absolute Gasteiger partial charge is 0.314 e. The van der Waals surface area contributed by atoms with Crippen LogP contribution < -0.4 is 0 Å². The van der Waals surface area contributed by atoms with Gasteiger partial charge in [-0.15, -0.1) is 0 Å². The maximum atomic E-state index is 13.8. The van der Waals surface area contributed by atoms with Gasteiger partial charge in [0.2, 0.25) is 5.82 Å². The highest BCUT2D eigenvalue weighted by molar-refractivity contribution is 5.90. The molecule has 0 fully saturated rings. The summed E-state index contributed by atoms with van der Waals surface area (Å²) in [6.45, 7) is -1.20. The lowest BCUT2D eigenvalue weighted by Crippen LogP contribution is -2.17. The molecule has 0 amide bonds. The Labute approximate surface area is 142 Å². The van der Waals surface area contributed by atoms with Crippen LogP contribution in [0.1, 0.15) is 16.2 Å². The van der Waals surface area contributed by atoms with Crippen LogP contribution in [0.5, 0.6) is 0 Å². The van der Waals surface area contributed by atoms with Crippen LogP contribution in [0.4, 0.5) is 26.3 Å². The Hall–Kier alpha value is -2.91. The Kier molecular flexibility index (Phi) is 4.43. The first kappa shape index (κ1) is 17.9. The van der Waals surface area contributed by atoms with Gasteiger partial charge in [0.25, 0.3) is 6.43 Å². The number of halogens is 6. The number of pyridine rings is 1. The number of aldehydes is 1. The summed E-state index contributed by atoms with van der Waals surface area (Å²) in [6, 6.07) is 4.47. The van der Waals surface area contributed by atoms with Crippen molar-refractivity contribution in [2.45, 2.75) is 19.1 Å². The number of carbonyl (C=O) groups excluding carboxylic acids is 1. The Morgan fingerprint density at radius 2 is 1.92 bits per heavy atom. The summed E-state index contributed by atoms with van der Waals surface area (Å²) in [7, 11) is 0. The van der Waals surface area contributed by atoms with Crippen LogP contribution >= 0.6 is 0 Å². The lowest BCUT2D eigenvalue weighted by atomic mass is 10.1. The zero-order valence-electron chi connectivity index (χ0n) is 12.8. The van der Waals surface area contributed by atoms with Crippen molar-refractivity contribution in [2.75, 3.05) is 0 Å².